The number of carbonyl (C=O) groups is 2. The lowest BCUT2D eigenvalue weighted by Gasteiger charge is -2.00. The molecule has 0 saturated heterocycles. The van der Waals surface area contributed by atoms with Gasteiger partial charge in [0.25, 0.3) is 0 Å². The van der Waals surface area contributed by atoms with Crippen LogP contribution in [-0.4, -0.2) is 28.6 Å². The quantitative estimate of drug-likeness (QED) is 0.638. The van der Waals surface area contributed by atoms with Crippen LogP contribution in [0, 0.1) is 0 Å². The van der Waals surface area contributed by atoms with Crippen LogP contribution in [0.2, 0.25) is 0 Å². The molecule has 0 unspecified atom stereocenters. The van der Waals surface area contributed by atoms with E-state index in [9.17, 15) is 9.59 Å². The number of rotatable bonds is 7. The topological polar surface area (TPSA) is 94.3 Å². The average Bonchev–Trinajstić information content (AvgIpc) is 3.30. The molecule has 134 valence electrons. The van der Waals surface area contributed by atoms with E-state index in [0.29, 0.717) is 17.3 Å². The fraction of sp³-hybridized carbons (Fsp3) is 0.222. The van der Waals surface area contributed by atoms with Crippen molar-refractivity contribution in [3.05, 3.63) is 53.2 Å². The molecule has 0 aliphatic rings. The number of carbonyl (C=O) groups excluding carboxylic acids is 2. The van der Waals surface area contributed by atoms with Gasteiger partial charge < -0.3 is 14.6 Å². The Morgan fingerprint density at radius 1 is 1.27 bits per heavy atom. The molecule has 2 aromatic heterocycles. The Morgan fingerprint density at radius 3 is 2.85 bits per heavy atom. The summed E-state index contributed by atoms with van der Waals surface area (Å²) in [6.07, 6.45) is 0.521. The van der Waals surface area contributed by atoms with E-state index in [4.69, 9.17) is 9.26 Å². The molecule has 2 heterocycles. The normalized spacial score (nSPS) is 10.5. The number of amides is 1. The number of nitrogens with zero attached hydrogens (tertiary/aromatic N) is 2. The maximum Gasteiger partial charge on any atom is 0.360 e. The molecule has 0 aliphatic carbocycles. The van der Waals surface area contributed by atoms with Crippen molar-refractivity contribution in [3.63, 3.8) is 0 Å². The summed E-state index contributed by atoms with van der Waals surface area (Å²) in [5.41, 5.74) is 1.92. The fourth-order valence-electron chi connectivity index (χ4n) is 2.22. The molecular formula is C18H17N3O4S. The van der Waals surface area contributed by atoms with Crippen molar-refractivity contribution in [2.45, 2.75) is 19.8 Å². The molecule has 26 heavy (non-hydrogen) atoms. The van der Waals surface area contributed by atoms with E-state index in [1.165, 1.54) is 17.4 Å². The number of hydrogen-bond acceptors (Lipinski definition) is 7. The van der Waals surface area contributed by atoms with Crippen molar-refractivity contribution < 1.29 is 18.8 Å². The molecular weight excluding hydrogens is 354 g/mol. The average molecular weight is 371 g/mol. The molecule has 0 atom stereocenters. The molecule has 8 heteroatoms. The highest BCUT2D eigenvalue weighted by Crippen LogP contribution is 2.24. The summed E-state index contributed by atoms with van der Waals surface area (Å²) in [7, 11) is 0. The van der Waals surface area contributed by atoms with Crippen molar-refractivity contribution in [1.29, 1.82) is 0 Å². The van der Waals surface area contributed by atoms with E-state index < -0.39 is 5.97 Å². The first kappa shape index (κ1) is 17.8. The van der Waals surface area contributed by atoms with Crippen molar-refractivity contribution in [2.24, 2.45) is 0 Å². The Kier molecular flexibility index (Phi) is 5.75. The zero-order chi connectivity index (χ0) is 18.4. The molecule has 3 rings (SSSR count). The smallest absolute Gasteiger partial charge is 0.360 e. The first-order valence-corrected chi connectivity index (χ1v) is 8.97. The van der Waals surface area contributed by atoms with E-state index in [2.05, 4.69) is 15.5 Å². The van der Waals surface area contributed by atoms with Crippen LogP contribution in [0.25, 0.3) is 11.3 Å². The summed E-state index contributed by atoms with van der Waals surface area (Å²) in [6, 6.07) is 11.2. The number of aryl methyl sites for hydroxylation is 1. The molecule has 1 amide bonds. The zero-order valence-electron chi connectivity index (χ0n) is 14.1. The van der Waals surface area contributed by atoms with Crippen molar-refractivity contribution in [1.82, 2.24) is 10.1 Å². The van der Waals surface area contributed by atoms with Gasteiger partial charge in [0, 0.05) is 29.9 Å². The summed E-state index contributed by atoms with van der Waals surface area (Å²) in [6.45, 7) is 1.98. The van der Waals surface area contributed by atoms with Crippen molar-refractivity contribution in [2.75, 3.05) is 11.9 Å². The third-order valence-electron chi connectivity index (χ3n) is 3.46. The molecule has 0 saturated carbocycles. The van der Waals surface area contributed by atoms with Gasteiger partial charge in [-0.25, -0.2) is 9.78 Å². The molecule has 1 aromatic carbocycles. The van der Waals surface area contributed by atoms with Gasteiger partial charge in [0.2, 0.25) is 5.91 Å². The van der Waals surface area contributed by atoms with Gasteiger partial charge in [-0.1, -0.05) is 35.5 Å². The molecule has 1 N–H and O–H groups in total. The molecule has 0 fully saturated rings. The lowest BCUT2D eigenvalue weighted by atomic mass is 10.2. The lowest BCUT2D eigenvalue weighted by molar-refractivity contribution is -0.116. The maximum absolute atomic E-state index is 12.1. The first-order chi connectivity index (χ1) is 12.7. The second-order valence-electron chi connectivity index (χ2n) is 5.35. The Hall–Kier alpha value is -3.00. The van der Waals surface area contributed by atoms with Crippen LogP contribution in [0.1, 0.15) is 29.6 Å². The second-order valence-corrected chi connectivity index (χ2v) is 6.21. The third kappa shape index (κ3) is 4.54. The number of nitrogens with one attached hydrogen (secondary N) is 1. The van der Waals surface area contributed by atoms with Crippen LogP contribution in [0.5, 0.6) is 0 Å². The summed E-state index contributed by atoms with van der Waals surface area (Å²) in [5.74, 6) is -0.274. The highest BCUT2D eigenvalue weighted by atomic mass is 32.1. The highest BCUT2D eigenvalue weighted by Gasteiger charge is 2.15. The van der Waals surface area contributed by atoms with Gasteiger partial charge >= 0.3 is 5.97 Å². The molecule has 0 spiro atoms. The number of hydrogen-bond donors (Lipinski definition) is 1. The van der Waals surface area contributed by atoms with Gasteiger partial charge in [-0.3, -0.25) is 4.79 Å². The molecule has 0 bridgehead atoms. The second kappa shape index (κ2) is 8.39. The number of aromatic nitrogens is 2. The van der Waals surface area contributed by atoms with E-state index in [1.807, 2.05) is 35.7 Å². The van der Waals surface area contributed by atoms with Gasteiger partial charge in [0.05, 0.1) is 12.3 Å². The number of ether oxygens (including phenoxy) is 1. The minimum absolute atomic E-state index is 0.106. The lowest BCUT2D eigenvalue weighted by Crippen LogP contribution is -2.12. The minimum atomic E-state index is -0.539. The zero-order valence-corrected chi connectivity index (χ0v) is 14.9. The summed E-state index contributed by atoms with van der Waals surface area (Å²) >= 11 is 1.37. The van der Waals surface area contributed by atoms with E-state index >= 15 is 0 Å². The van der Waals surface area contributed by atoms with E-state index in [-0.39, 0.29) is 24.6 Å². The standard InChI is InChI=1S/C18H17N3O4S/c1-2-24-17(23)14-10-13(25-21-14)8-9-16(22)20-18-19-15(11-26-18)12-6-4-3-5-7-12/h3-7,10-11H,2,8-9H2,1H3,(H,19,20,22). The molecule has 0 aliphatic heterocycles. The Morgan fingerprint density at radius 2 is 2.08 bits per heavy atom. The van der Waals surface area contributed by atoms with Crippen molar-refractivity contribution in [3.8, 4) is 11.3 Å². The van der Waals surface area contributed by atoms with Gasteiger partial charge in [-0.15, -0.1) is 11.3 Å². The van der Waals surface area contributed by atoms with Crippen LogP contribution in [0.4, 0.5) is 5.13 Å². The number of thiazole rings is 1. The summed E-state index contributed by atoms with van der Waals surface area (Å²) < 4.78 is 9.89. The summed E-state index contributed by atoms with van der Waals surface area (Å²) in [4.78, 5) is 28.0. The fourth-order valence-corrected chi connectivity index (χ4v) is 2.96. The Balaban J connectivity index is 1.52. The van der Waals surface area contributed by atoms with E-state index in [0.717, 1.165) is 11.3 Å². The molecule has 7 nitrogen and oxygen atoms in total. The van der Waals surface area contributed by atoms with Crippen LogP contribution in [0.3, 0.4) is 0 Å². The Bertz CT molecular complexity index is 889. The number of anilines is 1. The van der Waals surface area contributed by atoms with E-state index in [1.54, 1.807) is 6.92 Å². The minimum Gasteiger partial charge on any atom is -0.461 e. The van der Waals surface area contributed by atoms with Crippen LogP contribution >= 0.6 is 11.3 Å². The predicted molar refractivity (Wildman–Crippen MR) is 97.0 cm³/mol. The van der Waals surface area contributed by atoms with Gasteiger partial charge in [0.15, 0.2) is 10.8 Å². The van der Waals surface area contributed by atoms with Crippen LogP contribution < -0.4 is 5.32 Å². The first-order valence-electron chi connectivity index (χ1n) is 8.09. The number of esters is 1. The largest absolute Gasteiger partial charge is 0.461 e. The highest BCUT2D eigenvalue weighted by molar-refractivity contribution is 7.14. The monoisotopic (exact) mass is 371 g/mol. The predicted octanol–water partition coefficient (Wildman–Crippen LogP) is 3.55. The maximum atomic E-state index is 12.1. The Labute approximate surface area is 154 Å². The van der Waals surface area contributed by atoms with Crippen LogP contribution in [0.15, 0.2) is 46.3 Å². The van der Waals surface area contributed by atoms with Gasteiger partial charge in [-0.2, -0.15) is 0 Å². The van der Waals surface area contributed by atoms with Gasteiger partial charge in [0.1, 0.15) is 5.76 Å². The summed E-state index contributed by atoms with van der Waals surface area (Å²) in [5, 5.41) is 8.85. The van der Waals surface area contributed by atoms with Crippen LogP contribution in [-0.2, 0) is 16.0 Å². The van der Waals surface area contributed by atoms with Gasteiger partial charge in [-0.05, 0) is 6.92 Å². The van der Waals surface area contributed by atoms with Crippen molar-refractivity contribution >= 4 is 28.3 Å². The molecule has 3 aromatic rings. The molecule has 0 radical (unpaired) electrons. The third-order valence-corrected chi connectivity index (χ3v) is 4.22. The SMILES string of the molecule is CCOC(=O)c1cc(CCC(=O)Nc2nc(-c3ccccc3)cs2)on1. The number of benzene rings is 1.